The number of ether oxygens (including phenoxy) is 4. The first-order chi connectivity index (χ1) is 12.2. The topological polar surface area (TPSA) is 54.0 Å². The fourth-order valence-electron chi connectivity index (χ4n) is 3.27. The summed E-state index contributed by atoms with van der Waals surface area (Å²) < 4.78 is 22.6. The second kappa shape index (κ2) is 6.96. The smallest absolute Gasteiger partial charge is 0.303 e. The van der Waals surface area contributed by atoms with Gasteiger partial charge in [-0.2, -0.15) is 0 Å². The van der Waals surface area contributed by atoms with Crippen LogP contribution in [0.2, 0.25) is 0 Å². The predicted molar refractivity (Wildman–Crippen MR) is 91.8 cm³/mol. The molecule has 0 radical (unpaired) electrons. The van der Waals surface area contributed by atoms with Gasteiger partial charge in [0, 0.05) is 6.92 Å². The van der Waals surface area contributed by atoms with Gasteiger partial charge in [0.1, 0.15) is 18.3 Å². The van der Waals surface area contributed by atoms with Crippen LogP contribution < -0.4 is 0 Å². The first-order valence-corrected chi connectivity index (χ1v) is 8.41. The molecule has 2 aromatic rings. The Kier molecular flexibility index (Phi) is 4.53. The van der Waals surface area contributed by atoms with Crippen LogP contribution in [-0.2, 0) is 30.3 Å². The van der Waals surface area contributed by atoms with Crippen molar-refractivity contribution in [2.75, 3.05) is 6.61 Å². The Hall–Kier alpha value is -2.21. The first kappa shape index (κ1) is 16.3. The summed E-state index contributed by atoms with van der Waals surface area (Å²) >= 11 is 0. The number of rotatable bonds is 5. The van der Waals surface area contributed by atoms with Crippen molar-refractivity contribution in [2.24, 2.45) is 0 Å². The van der Waals surface area contributed by atoms with Crippen molar-refractivity contribution >= 4 is 16.7 Å². The monoisotopic (exact) mass is 340 g/mol. The van der Waals surface area contributed by atoms with Crippen LogP contribution in [0.5, 0.6) is 0 Å². The Morgan fingerprint density at radius 2 is 1.92 bits per heavy atom. The number of hydrogen-bond donors (Lipinski definition) is 0. The van der Waals surface area contributed by atoms with Crippen LogP contribution in [0.15, 0.2) is 54.6 Å². The molecular formula is C20H20O5. The van der Waals surface area contributed by atoms with Gasteiger partial charge in [-0.25, -0.2) is 0 Å². The average Bonchev–Trinajstić information content (AvgIpc) is 2.94. The Bertz CT molecular complexity index is 800. The molecule has 0 aromatic heterocycles. The minimum atomic E-state index is -0.425. The number of carbonyl (C=O) groups is 1. The lowest BCUT2D eigenvalue weighted by molar-refractivity contribution is -0.151. The largest absolute Gasteiger partial charge is 0.455 e. The van der Waals surface area contributed by atoms with Crippen molar-refractivity contribution in [3.05, 3.63) is 60.2 Å². The minimum Gasteiger partial charge on any atom is -0.455 e. The number of esters is 1. The molecule has 2 aromatic carbocycles. The van der Waals surface area contributed by atoms with Crippen molar-refractivity contribution in [3.63, 3.8) is 0 Å². The molecular weight excluding hydrogens is 320 g/mol. The molecule has 4 atom stereocenters. The number of carbonyl (C=O) groups excluding carboxylic acids is 1. The van der Waals surface area contributed by atoms with Crippen LogP contribution in [-0.4, -0.2) is 37.2 Å². The van der Waals surface area contributed by atoms with E-state index in [2.05, 4.69) is 30.3 Å². The Balaban J connectivity index is 1.35. The van der Waals surface area contributed by atoms with E-state index in [1.165, 1.54) is 17.7 Å². The second-order valence-corrected chi connectivity index (χ2v) is 6.30. The van der Waals surface area contributed by atoms with Crippen molar-refractivity contribution in [3.8, 4) is 0 Å². The highest BCUT2D eigenvalue weighted by Crippen LogP contribution is 2.29. The van der Waals surface area contributed by atoms with E-state index in [0.29, 0.717) is 13.2 Å². The molecule has 2 heterocycles. The average molecular weight is 340 g/mol. The summed E-state index contributed by atoms with van der Waals surface area (Å²) in [7, 11) is 0. The molecule has 25 heavy (non-hydrogen) atoms. The zero-order valence-corrected chi connectivity index (χ0v) is 14.0. The lowest BCUT2D eigenvalue weighted by atomic mass is 10.1. The summed E-state index contributed by atoms with van der Waals surface area (Å²) in [4.78, 5) is 11.2. The molecule has 5 heteroatoms. The van der Waals surface area contributed by atoms with E-state index in [-0.39, 0.29) is 24.5 Å². The van der Waals surface area contributed by atoms with Gasteiger partial charge < -0.3 is 18.9 Å². The van der Waals surface area contributed by atoms with Crippen LogP contribution in [0.1, 0.15) is 12.5 Å². The van der Waals surface area contributed by atoms with E-state index in [9.17, 15) is 4.79 Å². The maximum absolute atomic E-state index is 11.2. The molecule has 2 aliphatic heterocycles. The van der Waals surface area contributed by atoms with Crippen molar-refractivity contribution in [2.45, 2.75) is 38.1 Å². The summed E-state index contributed by atoms with van der Waals surface area (Å²) in [6.45, 7) is 2.27. The van der Waals surface area contributed by atoms with Crippen LogP contribution in [0.4, 0.5) is 0 Å². The molecule has 0 unspecified atom stereocenters. The molecule has 0 aliphatic carbocycles. The molecule has 4 rings (SSSR count). The third-order valence-corrected chi connectivity index (χ3v) is 4.42. The first-order valence-electron chi connectivity index (χ1n) is 8.41. The zero-order valence-electron chi connectivity index (χ0n) is 14.0. The maximum atomic E-state index is 11.2. The maximum Gasteiger partial charge on any atom is 0.303 e. The van der Waals surface area contributed by atoms with E-state index >= 15 is 0 Å². The third kappa shape index (κ3) is 3.58. The van der Waals surface area contributed by atoms with E-state index in [0.717, 1.165) is 5.56 Å². The molecule has 1 saturated heterocycles. The standard InChI is InChI=1S/C20H20O5/c1-13(21)23-17-8-9-19-24-18(20(17)25-19)12-22-11-14-6-7-15-4-2-3-5-16(15)10-14/h2-10,17-20H,11-12H2,1H3/t17-,18+,19-,20+/m1/s1. The molecule has 5 nitrogen and oxygen atoms in total. The normalized spacial score (nSPS) is 27.6. The van der Waals surface area contributed by atoms with Crippen LogP contribution in [0.3, 0.4) is 0 Å². The Morgan fingerprint density at radius 1 is 1.08 bits per heavy atom. The molecule has 0 spiro atoms. The van der Waals surface area contributed by atoms with Crippen molar-refractivity contribution in [1.82, 2.24) is 0 Å². The number of benzene rings is 2. The van der Waals surface area contributed by atoms with E-state index in [1.807, 2.05) is 18.2 Å². The van der Waals surface area contributed by atoms with Gasteiger partial charge in [0.05, 0.1) is 13.2 Å². The van der Waals surface area contributed by atoms with Gasteiger partial charge in [0.25, 0.3) is 0 Å². The lowest BCUT2D eigenvalue weighted by Gasteiger charge is -2.24. The highest BCUT2D eigenvalue weighted by molar-refractivity contribution is 5.82. The molecule has 0 saturated carbocycles. The van der Waals surface area contributed by atoms with Gasteiger partial charge in [0.2, 0.25) is 0 Å². The van der Waals surface area contributed by atoms with E-state index in [1.54, 1.807) is 6.08 Å². The van der Waals surface area contributed by atoms with Crippen molar-refractivity contribution in [1.29, 1.82) is 0 Å². The Labute approximate surface area is 146 Å². The fraction of sp³-hybridized carbons (Fsp3) is 0.350. The van der Waals surface area contributed by atoms with Gasteiger partial charge in [-0.3, -0.25) is 4.79 Å². The lowest BCUT2D eigenvalue weighted by Crippen LogP contribution is -2.40. The summed E-state index contributed by atoms with van der Waals surface area (Å²) in [5.74, 6) is -0.334. The fourth-order valence-corrected chi connectivity index (χ4v) is 3.27. The van der Waals surface area contributed by atoms with Crippen LogP contribution in [0, 0.1) is 0 Å². The summed E-state index contributed by atoms with van der Waals surface area (Å²) in [5.41, 5.74) is 1.11. The molecule has 0 N–H and O–H groups in total. The van der Waals surface area contributed by atoms with Gasteiger partial charge in [0.15, 0.2) is 6.29 Å². The second-order valence-electron chi connectivity index (χ2n) is 6.30. The van der Waals surface area contributed by atoms with Gasteiger partial charge in [-0.05, 0) is 34.6 Å². The summed E-state index contributed by atoms with van der Waals surface area (Å²) in [6, 6.07) is 14.5. The van der Waals surface area contributed by atoms with Gasteiger partial charge in [-0.1, -0.05) is 36.4 Å². The molecule has 0 amide bonds. The van der Waals surface area contributed by atoms with Gasteiger partial charge >= 0.3 is 5.97 Å². The number of fused-ring (bicyclic) bond motifs is 3. The quantitative estimate of drug-likeness (QED) is 0.619. The minimum absolute atomic E-state index is 0.259. The Morgan fingerprint density at radius 3 is 2.76 bits per heavy atom. The van der Waals surface area contributed by atoms with Gasteiger partial charge in [-0.15, -0.1) is 0 Å². The molecule has 2 aliphatic rings. The predicted octanol–water partition coefficient (Wildman–Crippen LogP) is 2.97. The van der Waals surface area contributed by atoms with E-state index < -0.39 is 6.10 Å². The zero-order chi connectivity index (χ0) is 17.2. The summed E-state index contributed by atoms with van der Waals surface area (Å²) in [5, 5.41) is 2.40. The van der Waals surface area contributed by atoms with Crippen LogP contribution in [0.25, 0.3) is 10.8 Å². The highest BCUT2D eigenvalue weighted by Gasteiger charge is 2.43. The highest BCUT2D eigenvalue weighted by atomic mass is 16.7. The molecule has 130 valence electrons. The summed E-state index contributed by atoms with van der Waals surface area (Å²) in [6.07, 6.45) is 2.20. The van der Waals surface area contributed by atoms with E-state index in [4.69, 9.17) is 18.9 Å². The van der Waals surface area contributed by atoms with Crippen molar-refractivity contribution < 1.29 is 23.7 Å². The molecule has 2 bridgehead atoms. The number of hydrogen-bond acceptors (Lipinski definition) is 5. The van der Waals surface area contributed by atoms with Crippen LogP contribution >= 0.6 is 0 Å². The third-order valence-electron chi connectivity index (χ3n) is 4.42. The molecule has 1 fully saturated rings. The SMILES string of the molecule is CC(=O)O[C@@H]1C=C[C@H]2O[C@@H]1[C@H](COCc1ccc3ccccc3c1)O2.